The van der Waals surface area contributed by atoms with E-state index in [0.717, 1.165) is 5.56 Å². The van der Waals surface area contributed by atoms with Crippen molar-refractivity contribution in [1.29, 1.82) is 0 Å². The highest BCUT2D eigenvalue weighted by molar-refractivity contribution is 5.34. The Hall–Kier alpha value is -2.22. The van der Waals surface area contributed by atoms with Gasteiger partial charge in [-0.3, -0.25) is 10.1 Å². The molecule has 0 aliphatic heterocycles. The number of aliphatic hydroxyl groups excluding tert-OH is 2. The highest BCUT2D eigenvalue weighted by atomic mass is 16.6. The van der Waals surface area contributed by atoms with Gasteiger partial charge < -0.3 is 20.1 Å². The summed E-state index contributed by atoms with van der Waals surface area (Å²) in [5.74, 6) is 0. The first-order valence-electron chi connectivity index (χ1n) is 6.88. The molecule has 0 radical (unpaired) electrons. The van der Waals surface area contributed by atoms with Crippen molar-refractivity contribution in [3.05, 3.63) is 64.0 Å². The van der Waals surface area contributed by atoms with E-state index in [2.05, 4.69) is 5.32 Å². The van der Waals surface area contributed by atoms with Crippen LogP contribution in [0, 0.1) is 10.1 Å². The number of rotatable bonds is 7. The Morgan fingerprint density at radius 1 is 1.32 bits per heavy atom. The van der Waals surface area contributed by atoms with Crippen molar-refractivity contribution < 1.29 is 15.1 Å². The van der Waals surface area contributed by atoms with Crippen molar-refractivity contribution in [3.63, 3.8) is 0 Å². The molecule has 3 N–H and O–H groups in total. The molecule has 1 aromatic carbocycles. The lowest BCUT2D eigenvalue weighted by Gasteiger charge is -2.22. The van der Waals surface area contributed by atoms with Crippen LogP contribution < -0.4 is 5.32 Å². The smallest absolute Gasteiger partial charge is 0.269 e. The molecule has 0 fully saturated rings. The summed E-state index contributed by atoms with van der Waals surface area (Å²) in [5, 5.41) is 33.5. The van der Waals surface area contributed by atoms with Crippen LogP contribution in [0.3, 0.4) is 0 Å². The van der Waals surface area contributed by atoms with E-state index < -0.39 is 17.1 Å². The zero-order valence-electron chi connectivity index (χ0n) is 12.2. The van der Waals surface area contributed by atoms with Gasteiger partial charge >= 0.3 is 0 Å². The van der Waals surface area contributed by atoms with E-state index in [4.69, 9.17) is 0 Å². The SMILES string of the molecule is Cn1ccc(CNC(CO)C(O)c2ccc([N+](=O)[O-])cc2)c1. The van der Waals surface area contributed by atoms with Gasteiger partial charge in [0, 0.05) is 38.1 Å². The summed E-state index contributed by atoms with van der Waals surface area (Å²) in [5.41, 5.74) is 1.52. The second-order valence-corrected chi connectivity index (χ2v) is 5.15. The van der Waals surface area contributed by atoms with Gasteiger partial charge in [0.05, 0.1) is 23.7 Å². The summed E-state index contributed by atoms with van der Waals surface area (Å²) in [6, 6.07) is 7.06. The van der Waals surface area contributed by atoms with Crippen LogP contribution >= 0.6 is 0 Å². The maximum atomic E-state index is 10.6. The molecule has 2 rings (SSSR count). The first-order chi connectivity index (χ1) is 10.5. The first-order valence-corrected chi connectivity index (χ1v) is 6.88. The molecule has 2 atom stereocenters. The highest BCUT2D eigenvalue weighted by Gasteiger charge is 2.20. The fourth-order valence-electron chi connectivity index (χ4n) is 2.22. The quantitative estimate of drug-likeness (QED) is 0.525. The van der Waals surface area contributed by atoms with Crippen LogP contribution in [0.4, 0.5) is 5.69 Å². The highest BCUT2D eigenvalue weighted by Crippen LogP contribution is 2.20. The number of non-ortho nitro benzene ring substituents is 1. The predicted octanol–water partition coefficient (Wildman–Crippen LogP) is 1.12. The van der Waals surface area contributed by atoms with Crippen LogP contribution in [-0.2, 0) is 13.6 Å². The topological polar surface area (TPSA) is 101 Å². The number of nitro groups is 1. The fraction of sp³-hybridized carbons (Fsp3) is 0.333. The van der Waals surface area contributed by atoms with E-state index in [1.54, 1.807) is 0 Å². The van der Waals surface area contributed by atoms with Crippen LogP contribution in [0.1, 0.15) is 17.2 Å². The maximum Gasteiger partial charge on any atom is 0.269 e. The largest absolute Gasteiger partial charge is 0.395 e. The minimum Gasteiger partial charge on any atom is -0.395 e. The van der Waals surface area contributed by atoms with Gasteiger partial charge in [0.1, 0.15) is 0 Å². The number of hydrogen-bond donors (Lipinski definition) is 3. The Kier molecular flexibility index (Phi) is 5.26. The van der Waals surface area contributed by atoms with E-state index in [-0.39, 0.29) is 12.3 Å². The third-order valence-electron chi connectivity index (χ3n) is 3.48. The lowest BCUT2D eigenvalue weighted by Crippen LogP contribution is -2.37. The van der Waals surface area contributed by atoms with Crippen molar-refractivity contribution in [2.24, 2.45) is 7.05 Å². The molecule has 1 aromatic heterocycles. The van der Waals surface area contributed by atoms with Gasteiger partial charge in [0.25, 0.3) is 5.69 Å². The van der Waals surface area contributed by atoms with Gasteiger partial charge in [0.15, 0.2) is 0 Å². The number of benzene rings is 1. The molecule has 22 heavy (non-hydrogen) atoms. The van der Waals surface area contributed by atoms with Gasteiger partial charge in [0.2, 0.25) is 0 Å². The molecule has 7 nitrogen and oxygen atoms in total. The molecule has 0 bridgehead atoms. The van der Waals surface area contributed by atoms with Gasteiger partial charge in [-0.05, 0) is 29.3 Å². The molecule has 0 spiro atoms. The zero-order chi connectivity index (χ0) is 16.1. The van der Waals surface area contributed by atoms with Gasteiger partial charge in [-0.2, -0.15) is 0 Å². The van der Waals surface area contributed by atoms with Crippen molar-refractivity contribution >= 4 is 5.69 Å². The summed E-state index contributed by atoms with van der Waals surface area (Å²) in [6.45, 7) is 0.265. The Balaban J connectivity index is 2.01. The van der Waals surface area contributed by atoms with Crippen molar-refractivity contribution in [2.45, 2.75) is 18.7 Å². The van der Waals surface area contributed by atoms with Crippen LogP contribution in [0.2, 0.25) is 0 Å². The maximum absolute atomic E-state index is 10.6. The Morgan fingerprint density at radius 2 is 2.00 bits per heavy atom. The molecular formula is C15H19N3O4. The van der Waals surface area contributed by atoms with Gasteiger partial charge in [-0.15, -0.1) is 0 Å². The van der Waals surface area contributed by atoms with E-state index in [1.807, 2.05) is 30.1 Å². The number of aromatic nitrogens is 1. The van der Waals surface area contributed by atoms with Crippen molar-refractivity contribution in [3.8, 4) is 0 Å². The molecule has 0 saturated heterocycles. The minimum absolute atomic E-state index is 0.0336. The fourth-order valence-corrected chi connectivity index (χ4v) is 2.22. The normalized spacial score (nSPS) is 13.8. The average molecular weight is 305 g/mol. The van der Waals surface area contributed by atoms with Crippen LogP contribution in [0.5, 0.6) is 0 Å². The minimum atomic E-state index is -0.950. The third-order valence-corrected chi connectivity index (χ3v) is 3.48. The summed E-state index contributed by atoms with van der Waals surface area (Å²) in [4.78, 5) is 10.1. The second-order valence-electron chi connectivity index (χ2n) is 5.15. The molecule has 1 heterocycles. The van der Waals surface area contributed by atoms with E-state index in [9.17, 15) is 20.3 Å². The molecule has 0 aliphatic carbocycles. The number of hydrogen-bond acceptors (Lipinski definition) is 5. The summed E-state index contributed by atoms with van der Waals surface area (Å²) < 4.78 is 1.91. The van der Waals surface area contributed by atoms with E-state index in [0.29, 0.717) is 12.1 Å². The third kappa shape index (κ3) is 3.91. The summed E-state index contributed by atoms with van der Waals surface area (Å²) >= 11 is 0. The second kappa shape index (κ2) is 7.17. The summed E-state index contributed by atoms with van der Waals surface area (Å²) in [6.07, 6.45) is 2.91. The molecule has 2 aromatic rings. The number of aliphatic hydroxyl groups is 2. The van der Waals surface area contributed by atoms with Crippen molar-refractivity contribution in [2.75, 3.05) is 6.61 Å². The summed E-state index contributed by atoms with van der Waals surface area (Å²) in [7, 11) is 1.92. The van der Waals surface area contributed by atoms with Crippen LogP contribution in [0.25, 0.3) is 0 Å². The lowest BCUT2D eigenvalue weighted by atomic mass is 10.0. The van der Waals surface area contributed by atoms with Crippen LogP contribution in [0.15, 0.2) is 42.7 Å². The lowest BCUT2D eigenvalue weighted by molar-refractivity contribution is -0.384. The number of aryl methyl sites for hydroxylation is 1. The molecular weight excluding hydrogens is 286 g/mol. The van der Waals surface area contributed by atoms with E-state index in [1.165, 1.54) is 24.3 Å². The monoisotopic (exact) mass is 305 g/mol. The molecule has 2 unspecified atom stereocenters. The number of nitro benzene ring substituents is 1. The Morgan fingerprint density at radius 3 is 2.50 bits per heavy atom. The number of nitrogens with one attached hydrogen (secondary N) is 1. The Labute approximate surface area is 128 Å². The molecule has 7 heteroatoms. The molecule has 118 valence electrons. The molecule has 0 saturated carbocycles. The standard InChI is InChI=1S/C15H19N3O4/c1-17-7-6-11(9-17)8-16-14(10-19)15(20)12-2-4-13(5-3-12)18(21)22/h2-7,9,14-16,19-20H,8,10H2,1H3. The van der Waals surface area contributed by atoms with Gasteiger partial charge in [-0.1, -0.05) is 0 Å². The predicted molar refractivity (Wildman–Crippen MR) is 81.2 cm³/mol. The zero-order valence-corrected chi connectivity index (χ0v) is 12.2. The molecule has 0 amide bonds. The molecule has 0 aliphatic rings. The van der Waals surface area contributed by atoms with Crippen molar-refractivity contribution in [1.82, 2.24) is 9.88 Å². The first kappa shape index (κ1) is 16.2. The number of nitrogens with zero attached hydrogens (tertiary/aromatic N) is 2. The Bertz CT molecular complexity index is 624. The average Bonchev–Trinajstić information content (AvgIpc) is 2.93. The van der Waals surface area contributed by atoms with Crippen LogP contribution in [-0.4, -0.2) is 32.4 Å². The van der Waals surface area contributed by atoms with E-state index >= 15 is 0 Å². The van der Waals surface area contributed by atoms with Gasteiger partial charge in [-0.25, -0.2) is 0 Å².